The fourth-order valence-corrected chi connectivity index (χ4v) is 3.96. The van der Waals surface area contributed by atoms with Crippen molar-refractivity contribution in [2.45, 2.75) is 31.9 Å². The molecule has 0 saturated carbocycles. The SMILES string of the molecule is COC1CCN(CCCn2c(=O)sc3ccccc32)CC1. The fourth-order valence-electron chi connectivity index (χ4n) is 3.05. The normalized spacial score (nSPS) is 17.6. The third-order valence-corrected chi connectivity index (χ3v) is 5.26. The predicted octanol–water partition coefficient (Wildman–Crippen LogP) is 2.56. The van der Waals surface area contributed by atoms with Crippen LogP contribution < -0.4 is 4.87 Å². The number of aryl methyl sites for hydroxylation is 1. The highest BCUT2D eigenvalue weighted by Gasteiger charge is 2.18. The van der Waals surface area contributed by atoms with E-state index in [0.717, 1.165) is 55.7 Å². The fraction of sp³-hybridized carbons (Fsp3) is 0.562. The van der Waals surface area contributed by atoms with Gasteiger partial charge < -0.3 is 9.64 Å². The molecular formula is C16H22N2O2S. The van der Waals surface area contributed by atoms with E-state index in [-0.39, 0.29) is 4.87 Å². The minimum absolute atomic E-state index is 0.161. The number of likely N-dealkylation sites (tertiary alicyclic amines) is 1. The Kier molecular flexibility index (Phi) is 4.73. The van der Waals surface area contributed by atoms with Crippen LogP contribution in [0.3, 0.4) is 0 Å². The Morgan fingerprint density at radius 1 is 1.24 bits per heavy atom. The molecule has 1 saturated heterocycles. The summed E-state index contributed by atoms with van der Waals surface area (Å²) in [6.07, 6.45) is 3.71. The van der Waals surface area contributed by atoms with Crippen LogP contribution in [0.2, 0.25) is 0 Å². The Labute approximate surface area is 128 Å². The number of thiazole rings is 1. The van der Waals surface area contributed by atoms with Crippen molar-refractivity contribution in [2.75, 3.05) is 26.7 Å². The first-order valence-corrected chi connectivity index (χ1v) is 8.43. The number of methoxy groups -OCH3 is 1. The quantitative estimate of drug-likeness (QED) is 0.851. The molecule has 1 aliphatic heterocycles. The van der Waals surface area contributed by atoms with Gasteiger partial charge in [0.05, 0.1) is 16.3 Å². The van der Waals surface area contributed by atoms with Crippen LogP contribution >= 0.6 is 11.3 Å². The van der Waals surface area contributed by atoms with Gasteiger partial charge in [-0.05, 0) is 37.9 Å². The zero-order valence-corrected chi connectivity index (χ0v) is 13.3. The molecule has 0 N–H and O–H groups in total. The lowest BCUT2D eigenvalue weighted by molar-refractivity contribution is 0.0406. The standard InChI is InChI=1S/C16H22N2O2S/c1-20-13-7-11-17(12-8-13)9-4-10-18-14-5-2-3-6-15(14)21-16(18)19/h2-3,5-6,13H,4,7-12H2,1H3. The molecule has 0 unspecified atom stereocenters. The zero-order chi connectivity index (χ0) is 14.7. The number of aromatic nitrogens is 1. The molecule has 1 aromatic heterocycles. The molecule has 5 heteroatoms. The summed E-state index contributed by atoms with van der Waals surface area (Å²) in [4.78, 5) is 14.7. The number of fused-ring (bicyclic) bond motifs is 1. The van der Waals surface area contributed by atoms with Gasteiger partial charge >= 0.3 is 4.87 Å². The first-order chi connectivity index (χ1) is 10.3. The van der Waals surface area contributed by atoms with Crippen LogP contribution in [-0.4, -0.2) is 42.3 Å². The molecule has 0 atom stereocenters. The van der Waals surface area contributed by atoms with Gasteiger partial charge in [-0.1, -0.05) is 23.5 Å². The molecule has 0 amide bonds. The number of para-hydroxylation sites is 1. The number of nitrogens with zero attached hydrogens (tertiary/aromatic N) is 2. The zero-order valence-electron chi connectivity index (χ0n) is 12.5. The van der Waals surface area contributed by atoms with Crippen molar-refractivity contribution >= 4 is 21.6 Å². The second kappa shape index (κ2) is 6.73. The van der Waals surface area contributed by atoms with Crippen LogP contribution in [-0.2, 0) is 11.3 Å². The average Bonchev–Trinajstić information content (AvgIpc) is 2.84. The van der Waals surface area contributed by atoms with Crippen LogP contribution in [0.15, 0.2) is 29.1 Å². The molecule has 0 bridgehead atoms. The van der Waals surface area contributed by atoms with E-state index in [2.05, 4.69) is 4.90 Å². The van der Waals surface area contributed by atoms with Gasteiger partial charge in [-0.3, -0.25) is 9.36 Å². The number of piperidine rings is 1. The van der Waals surface area contributed by atoms with Crippen LogP contribution in [0, 0.1) is 0 Å². The molecule has 2 heterocycles. The second-order valence-electron chi connectivity index (χ2n) is 5.62. The summed E-state index contributed by atoms with van der Waals surface area (Å²) >= 11 is 1.35. The molecule has 1 fully saturated rings. The van der Waals surface area contributed by atoms with Crippen LogP contribution in [0.4, 0.5) is 0 Å². The number of hydrogen-bond acceptors (Lipinski definition) is 4. The smallest absolute Gasteiger partial charge is 0.308 e. The predicted molar refractivity (Wildman–Crippen MR) is 87.2 cm³/mol. The summed E-state index contributed by atoms with van der Waals surface area (Å²) in [5.41, 5.74) is 1.07. The van der Waals surface area contributed by atoms with Gasteiger partial charge in [-0.15, -0.1) is 0 Å². The molecule has 4 nitrogen and oxygen atoms in total. The maximum absolute atomic E-state index is 12.1. The molecule has 2 aromatic rings. The highest BCUT2D eigenvalue weighted by molar-refractivity contribution is 7.16. The third kappa shape index (κ3) is 3.36. The van der Waals surface area contributed by atoms with E-state index in [1.807, 2.05) is 28.8 Å². The number of ether oxygens (including phenoxy) is 1. The van der Waals surface area contributed by atoms with Crippen LogP contribution in [0.25, 0.3) is 10.2 Å². The highest BCUT2D eigenvalue weighted by Crippen LogP contribution is 2.17. The van der Waals surface area contributed by atoms with Gasteiger partial charge in [-0.25, -0.2) is 0 Å². The van der Waals surface area contributed by atoms with Gasteiger partial charge in [0, 0.05) is 26.7 Å². The summed E-state index contributed by atoms with van der Waals surface area (Å²) in [6, 6.07) is 8.05. The van der Waals surface area contributed by atoms with Gasteiger partial charge in [-0.2, -0.15) is 0 Å². The molecule has 0 aliphatic carbocycles. The molecule has 1 aliphatic rings. The summed E-state index contributed by atoms with van der Waals surface area (Å²) in [6.45, 7) is 4.09. The minimum atomic E-state index is 0.161. The lowest BCUT2D eigenvalue weighted by Crippen LogP contribution is -2.37. The van der Waals surface area contributed by atoms with E-state index in [0.29, 0.717) is 6.10 Å². The van der Waals surface area contributed by atoms with Gasteiger partial charge in [0.25, 0.3) is 0 Å². The van der Waals surface area contributed by atoms with Gasteiger partial charge in [0.1, 0.15) is 0 Å². The molecule has 1 aromatic carbocycles. The van der Waals surface area contributed by atoms with Gasteiger partial charge in [0.15, 0.2) is 0 Å². The lowest BCUT2D eigenvalue weighted by atomic mass is 10.1. The maximum atomic E-state index is 12.1. The van der Waals surface area contributed by atoms with Crippen molar-refractivity contribution < 1.29 is 4.74 Å². The maximum Gasteiger partial charge on any atom is 0.308 e. The highest BCUT2D eigenvalue weighted by atomic mass is 32.1. The lowest BCUT2D eigenvalue weighted by Gasteiger charge is -2.31. The summed E-state index contributed by atoms with van der Waals surface area (Å²) in [5, 5.41) is 0. The summed E-state index contributed by atoms with van der Waals surface area (Å²) < 4.78 is 8.40. The second-order valence-corrected chi connectivity index (χ2v) is 6.61. The Hall–Kier alpha value is -1.17. The van der Waals surface area contributed by atoms with Crippen molar-refractivity contribution in [3.8, 4) is 0 Å². The molecule has 3 rings (SSSR count). The van der Waals surface area contributed by atoms with E-state index in [1.165, 1.54) is 11.3 Å². The van der Waals surface area contributed by atoms with E-state index in [4.69, 9.17) is 4.74 Å². The van der Waals surface area contributed by atoms with E-state index in [1.54, 1.807) is 7.11 Å². The minimum Gasteiger partial charge on any atom is -0.381 e. The summed E-state index contributed by atoms with van der Waals surface area (Å²) in [5.74, 6) is 0. The Morgan fingerprint density at radius 2 is 2.00 bits per heavy atom. The summed E-state index contributed by atoms with van der Waals surface area (Å²) in [7, 11) is 1.80. The van der Waals surface area contributed by atoms with E-state index in [9.17, 15) is 4.79 Å². The molecule has 0 radical (unpaired) electrons. The number of rotatable bonds is 5. The van der Waals surface area contributed by atoms with E-state index >= 15 is 0 Å². The number of hydrogen-bond donors (Lipinski definition) is 0. The number of benzene rings is 1. The van der Waals surface area contributed by atoms with Crippen molar-refractivity contribution in [3.05, 3.63) is 33.9 Å². The monoisotopic (exact) mass is 306 g/mol. The molecule has 21 heavy (non-hydrogen) atoms. The van der Waals surface area contributed by atoms with E-state index < -0.39 is 0 Å². The van der Waals surface area contributed by atoms with Gasteiger partial charge in [0.2, 0.25) is 0 Å². The Balaban J connectivity index is 1.55. The first kappa shape index (κ1) is 14.8. The van der Waals surface area contributed by atoms with Crippen molar-refractivity contribution in [2.24, 2.45) is 0 Å². The van der Waals surface area contributed by atoms with Crippen molar-refractivity contribution in [1.82, 2.24) is 9.47 Å². The average molecular weight is 306 g/mol. The third-order valence-electron chi connectivity index (χ3n) is 4.30. The first-order valence-electron chi connectivity index (χ1n) is 7.61. The largest absolute Gasteiger partial charge is 0.381 e. The molecule has 114 valence electrons. The van der Waals surface area contributed by atoms with Crippen molar-refractivity contribution in [1.29, 1.82) is 0 Å². The molecular weight excluding hydrogens is 284 g/mol. The Morgan fingerprint density at radius 3 is 2.76 bits per heavy atom. The molecule has 0 spiro atoms. The van der Waals surface area contributed by atoms with Crippen LogP contribution in [0.5, 0.6) is 0 Å². The van der Waals surface area contributed by atoms with Crippen molar-refractivity contribution in [3.63, 3.8) is 0 Å². The Bertz CT molecular complexity index is 641. The van der Waals surface area contributed by atoms with Crippen LogP contribution in [0.1, 0.15) is 19.3 Å². The topological polar surface area (TPSA) is 34.5 Å².